The molecule has 1 aromatic carbocycles. The van der Waals surface area contributed by atoms with Gasteiger partial charge in [-0.25, -0.2) is 4.79 Å². The number of rotatable bonds is 8. The van der Waals surface area contributed by atoms with Gasteiger partial charge in [0.2, 0.25) is 0 Å². The van der Waals surface area contributed by atoms with E-state index in [0.717, 1.165) is 81.2 Å². The van der Waals surface area contributed by atoms with Crippen LogP contribution >= 0.6 is 0 Å². The van der Waals surface area contributed by atoms with Crippen LogP contribution in [0.1, 0.15) is 56.2 Å². The molecule has 2 heterocycles. The summed E-state index contributed by atoms with van der Waals surface area (Å²) in [6.07, 6.45) is 9.48. The lowest BCUT2D eigenvalue weighted by molar-refractivity contribution is -0.917. The number of esters is 1. The predicted molar refractivity (Wildman–Crippen MR) is 125 cm³/mol. The fraction of sp³-hybridized carbons (Fsp3) is 0.556. The van der Waals surface area contributed by atoms with Crippen molar-refractivity contribution in [2.75, 3.05) is 26.7 Å². The van der Waals surface area contributed by atoms with E-state index in [1.807, 2.05) is 48.7 Å². The van der Waals surface area contributed by atoms with E-state index in [1.54, 1.807) is 0 Å². The third-order valence-electron chi connectivity index (χ3n) is 7.47. The van der Waals surface area contributed by atoms with Crippen LogP contribution in [0.4, 0.5) is 0 Å². The first kappa shape index (κ1) is 22.9. The zero-order valence-corrected chi connectivity index (χ0v) is 19.3. The zero-order chi connectivity index (χ0) is 22.4. The Morgan fingerprint density at radius 3 is 2.56 bits per heavy atom. The summed E-state index contributed by atoms with van der Waals surface area (Å²) in [5.74, 6) is -0.525. The number of aliphatic hydroxyl groups is 1. The molecule has 2 aromatic rings. The van der Waals surface area contributed by atoms with Crippen molar-refractivity contribution in [1.29, 1.82) is 0 Å². The molecular weight excluding hydrogens is 400 g/mol. The highest BCUT2D eigenvalue weighted by atomic mass is 16.6. The molecule has 1 saturated carbocycles. The number of likely N-dealkylation sites (N-methyl/N-ethyl adjacent to an activating group) is 1. The van der Waals surface area contributed by atoms with Gasteiger partial charge in [0, 0.05) is 30.7 Å². The van der Waals surface area contributed by atoms with Gasteiger partial charge in [0.1, 0.15) is 6.54 Å². The van der Waals surface area contributed by atoms with Crippen LogP contribution in [0.3, 0.4) is 0 Å². The maximum absolute atomic E-state index is 13.4. The van der Waals surface area contributed by atoms with Crippen molar-refractivity contribution in [2.24, 2.45) is 5.92 Å². The summed E-state index contributed by atoms with van der Waals surface area (Å²) >= 11 is 0. The molecule has 1 aromatic heterocycles. The van der Waals surface area contributed by atoms with Crippen LogP contribution in [-0.2, 0) is 21.6 Å². The molecule has 0 amide bonds. The lowest BCUT2D eigenvalue weighted by Gasteiger charge is -2.42. The Bertz CT molecular complexity index is 869. The Balaban J connectivity index is 1.40. The quantitative estimate of drug-likeness (QED) is 0.496. The molecule has 4 rings (SSSR count). The highest BCUT2D eigenvalue weighted by Gasteiger charge is 2.49. The van der Waals surface area contributed by atoms with E-state index in [4.69, 9.17) is 4.74 Å². The monoisotopic (exact) mass is 437 g/mol. The summed E-state index contributed by atoms with van der Waals surface area (Å²) in [5, 5.41) is 11.7. The molecule has 0 bridgehead atoms. The van der Waals surface area contributed by atoms with Crippen molar-refractivity contribution < 1.29 is 19.1 Å². The highest BCUT2D eigenvalue weighted by Crippen LogP contribution is 2.42. The number of aromatic nitrogens is 1. The Morgan fingerprint density at radius 2 is 1.84 bits per heavy atom. The smallest absolute Gasteiger partial charge is 0.343 e. The fourth-order valence-corrected chi connectivity index (χ4v) is 5.66. The second-order valence-electron chi connectivity index (χ2n) is 9.96. The number of hydrogen-bond donors (Lipinski definition) is 1. The van der Waals surface area contributed by atoms with Gasteiger partial charge in [0.15, 0.2) is 11.7 Å². The van der Waals surface area contributed by atoms with Crippen LogP contribution in [0, 0.1) is 5.92 Å². The van der Waals surface area contributed by atoms with E-state index in [9.17, 15) is 9.90 Å². The molecule has 1 saturated heterocycles. The third-order valence-corrected chi connectivity index (χ3v) is 7.47. The largest absolute Gasteiger partial charge is 0.454 e. The van der Waals surface area contributed by atoms with E-state index in [1.165, 1.54) is 0 Å². The number of nitrogens with zero attached hydrogens (tertiary/aromatic N) is 2. The number of carbonyl (C=O) groups is 1. The van der Waals surface area contributed by atoms with Gasteiger partial charge in [0.25, 0.3) is 0 Å². The lowest BCUT2D eigenvalue weighted by Crippen LogP contribution is -2.55. The summed E-state index contributed by atoms with van der Waals surface area (Å²) in [6.45, 7) is 2.95. The average molecular weight is 438 g/mol. The molecule has 172 valence electrons. The Morgan fingerprint density at radius 1 is 1.09 bits per heavy atom. The van der Waals surface area contributed by atoms with Crippen molar-refractivity contribution in [3.8, 4) is 0 Å². The molecule has 2 aliphatic rings. The molecule has 0 spiro atoms. The maximum atomic E-state index is 13.4. The lowest BCUT2D eigenvalue weighted by atomic mass is 9.80. The van der Waals surface area contributed by atoms with E-state index in [-0.39, 0.29) is 12.0 Å². The number of likely N-dealkylation sites (tertiary alicyclic amines) is 1. The fourth-order valence-electron chi connectivity index (χ4n) is 5.66. The maximum Gasteiger partial charge on any atom is 0.343 e. The average Bonchev–Trinajstić information content (AvgIpc) is 3.35. The second kappa shape index (κ2) is 10.1. The summed E-state index contributed by atoms with van der Waals surface area (Å²) in [7, 11) is 2.26. The number of aryl methyl sites for hydroxylation is 1. The molecule has 5 heteroatoms. The molecule has 1 aliphatic carbocycles. The molecule has 1 aliphatic heterocycles. The van der Waals surface area contributed by atoms with Crippen LogP contribution in [0.25, 0.3) is 0 Å². The van der Waals surface area contributed by atoms with Crippen molar-refractivity contribution in [3.63, 3.8) is 0 Å². The minimum Gasteiger partial charge on any atom is -0.454 e. The SMILES string of the molecule is C[N+]1(CCCc2ccccn2)CCCC(OC(=O)[C@](O)(c2ccccc2)C2CCCC2)C1. The Kier molecular flexibility index (Phi) is 7.27. The van der Waals surface area contributed by atoms with Crippen LogP contribution in [0.2, 0.25) is 0 Å². The molecule has 1 N–H and O–H groups in total. The number of hydrogen-bond acceptors (Lipinski definition) is 4. The minimum absolute atomic E-state index is 0.0692. The topological polar surface area (TPSA) is 59.4 Å². The zero-order valence-electron chi connectivity index (χ0n) is 19.3. The first-order valence-corrected chi connectivity index (χ1v) is 12.2. The van der Waals surface area contributed by atoms with Crippen LogP contribution in [0.5, 0.6) is 0 Å². The summed E-state index contributed by atoms with van der Waals surface area (Å²) < 4.78 is 6.97. The van der Waals surface area contributed by atoms with Crippen LogP contribution in [0.15, 0.2) is 54.7 Å². The predicted octanol–water partition coefficient (Wildman–Crippen LogP) is 4.24. The van der Waals surface area contributed by atoms with Gasteiger partial charge in [-0.05, 0) is 43.4 Å². The molecule has 2 unspecified atom stereocenters. The Hall–Kier alpha value is -2.24. The number of quaternary nitrogens is 1. The standard InChI is InChI=1S/C27H37N2O3/c1-29(19-9-16-24-15-7-8-18-28-24)20-10-17-25(21-29)32-26(30)27(31,23-13-5-6-14-23)22-11-3-2-4-12-22/h2-4,7-8,11-12,15,18,23,25,31H,5-6,9-10,13-14,16-17,19-21H2,1H3/q+1/t25?,27-,29?/m0/s1. The first-order chi connectivity index (χ1) is 15.5. The number of ether oxygens (including phenoxy) is 1. The van der Waals surface area contributed by atoms with Gasteiger partial charge in [-0.2, -0.15) is 0 Å². The highest BCUT2D eigenvalue weighted by molar-refractivity contribution is 5.81. The van der Waals surface area contributed by atoms with Crippen molar-refractivity contribution in [1.82, 2.24) is 4.98 Å². The van der Waals surface area contributed by atoms with E-state index < -0.39 is 11.6 Å². The summed E-state index contributed by atoms with van der Waals surface area (Å²) in [5.41, 5.74) is 0.251. The molecule has 0 radical (unpaired) electrons. The van der Waals surface area contributed by atoms with Crippen molar-refractivity contribution in [3.05, 3.63) is 66.0 Å². The van der Waals surface area contributed by atoms with E-state index >= 15 is 0 Å². The van der Waals surface area contributed by atoms with Gasteiger partial charge in [-0.15, -0.1) is 0 Å². The van der Waals surface area contributed by atoms with Gasteiger partial charge in [-0.3, -0.25) is 4.98 Å². The number of pyridine rings is 1. The normalized spacial score (nSPS) is 25.9. The molecule has 3 atom stereocenters. The summed E-state index contributed by atoms with van der Waals surface area (Å²) in [6, 6.07) is 15.5. The molecule has 32 heavy (non-hydrogen) atoms. The van der Waals surface area contributed by atoms with Crippen molar-refractivity contribution in [2.45, 2.75) is 63.1 Å². The van der Waals surface area contributed by atoms with Crippen LogP contribution in [-0.4, -0.2) is 53.3 Å². The van der Waals surface area contributed by atoms with Gasteiger partial charge in [-0.1, -0.05) is 49.2 Å². The van der Waals surface area contributed by atoms with Gasteiger partial charge >= 0.3 is 5.97 Å². The summed E-state index contributed by atoms with van der Waals surface area (Å²) in [4.78, 5) is 17.9. The Labute approximate surface area is 192 Å². The van der Waals surface area contributed by atoms with Crippen LogP contribution < -0.4 is 0 Å². The first-order valence-electron chi connectivity index (χ1n) is 12.2. The molecular formula is C27H37N2O3+. The molecule has 5 nitrogen and oxygen atoms in total. The minimum atomic E-state index is -1.54. The number of carbonyl (C=O) groups excluding carboxylic acids is 1. The second-order valence-corrected chi connectivity index (χ2v) is 9.96. The number of benzene rings is 1. The van der Waals surface area contributed by atoms with Gasteiger partial charge in [0.05, 0.1) is 20.1 Å². The van der Waals surface area contributed by atoms with Gasteiger partial charge < -0.3 is 14.3 Å². The van der Waals surface area contributed by atoms with E-state index in [0.29, 0.717) is 5.56 Å². The molecule has 2 fully saturated rings. The number of piperidine rings is 1. The van der Waals surface area contributed by atoms with Crippen molar-refractivity contribution >= 4 is 5.97 Å². The third kappa shape index (κ3) is 5.21. The van der Waals surface area contributed by atoms with E-state index in [2.05, 4.69) is 18.1 Å².